The summed E-state index contributed by atoms with van der Waals surface area (Å²) < 4.78 is 19.8. The van der Waals surface area contributed by atoms with E-state index in [0.29, 0.717) is 35.4 Å². The van der Waals surface area contributed by atoms with Crippen molar-refractivity contribution in [2.45, 2.75) is 37.4 Å². The number of hydrogen-bond acceptors (Lipinski definition) is 7. The molecule has 204 valence electrons. The Hall–Kier alpha value is -4.19. The Labute approximate surface area is 232 Å². The fourth-order valence-corrected chi connectivity index (χ4v) is 6.84. The first-order chi connectivity index (χ1) is 19.4. The molecule has 8 heteroatoms. The highest BCUT2D eigenvalue weighted by atomic mass is 16.5. The number of aromatic nitrogens is 1. The monoisotopic (exact) mass is 537 g/mol. The van der Waals surface area contributed by atoms with Crippen LogP contribution in [0.4, 0.5) is 5.69 Å². The number of fused-ring (bicyclic) bond motifs is 6. The predicted octanol–water partition coefficient (Wildman–Crippen LogP) is 5.45. The lowest BCUT2D eigenvalue weighted by atomic mass is 9.78. The van der Waals surface area contributed by atoms with E-state index in [1.165, 1.54) is 4.57 Å². The van der Waals surface area contributed by atoms with E-state index in [4.69, 9.17) is 14.2 Å². The average Bonchev–Trinajstić information content (AvgIpc) is 3.57. The minimum atomic E-state index is -0.763. The van der Waals surface area contributed by atoms with Crippen molar-refractivity contribution < 1.29 is 24.4 Å². The smallest absolute Gasteiger partial charge is 0.205 e. The average molecular weight is 538 g/mol. The Kier molecular flexibility index (Phi) is 5.70. The molecule has 3 aliphatic rings. The van der Waals surface area contributed by atoms with Crippen molar-refractivity contribution in [2.75, 3.05) is 37.8 Å². The van der Waals surface area contributed by atoms with Crippen molar-refractivity contribution in [3.05, 3.63) is 77.4 Å². The third kappa shape index (κ3) is 3.65. The molecule has 0 unspecified atom stereocenters. The number of nitriles is 1. The van der Waals surface area contributed by atoms with E-state index in [1.807, 2.05) is 43.3 Å². The maximum absolute atomic E-state index is 11.7. The van der Waals surface area contributed by atoms with Gasteiger partial charge in [0.2, 0.25) is 11.8 Å². The number of morpholine rings is 1. The third-order valence-electron chi connectivity index (χ3n) is 8.76. The Morgan fingerprint density at radius 1 is 0.950 bits per heavy atom. The van der Waals surface area contributed by atoms with Gasteiger partial charge in [0.1, 0.15) is 11.4 Å². The van der Waals surface area contributed by atoms with Gasteiger partial charge in [-0.2, -0.15) is 5.26 Å². The van der Waals surface area contributed by atoms with E-state index in [9.17, 15) is 15.5 Å². The molecule has 8 nitrogen and oxygen atoms in total. The fourth-order valence-electron chi connectivity index (χ4n) is 6.84. The Bertz CT molecular complexity index is 1670. The van der Waals surface area contributed by atoms with Crippen molar-refractivity contribution in [2.24, 2.45) is 0 Å². The van der Waals surface area contributed by atoms with Gasteiger partial charge in [-0.3, -0.25) is 4.57 Å². The lowest BCUT2D eigenvalue weighted by Crippen LogP contribution is -2.36. The SMILES string of the molecule is C[C@]12CC[C@](CCOc3cccc(N4CCOCC4)c3)(O1)c1c2c(O)n(-c2ccc(C#N)c3ccccc23)c1O. The van der Waals surface area contributed by atoms with E-state index < -0.39 is 11.2 Å². The summed E-state index contributed by atoms with van der Waals surface area (Å²) in [5, 5.41) is 34.4. The molecule has 0 spiro atoms. The zero-order valence-corrected chi connectivity index (χ0v) is 22.4. The van der Waals surface area contributed by atoms with Gasteiger partial charge in [0, 0.05) is 42.0 Å². The minimum absolute atomic E-state index is 0.0226. The van der Waals surface area contributed by atoms with Gasteiger partial charge < -0.3 is 29.3 Å². The summed E-state index contributed by atoms with van der Waals surface area (Å²) in [6.07, 6.45) is 1.99. The highest BCUT2D eigenvalue weighted by Crippen LogP contribution is 2.65. The van der Waals surface area contributed by atoms with E-state index in [1.54, 1.807) is 12.1 Å². The molecular weight excluding hydrogens is 506 g/mol. The van der Waals surface area contributed by atoms with Crippen molar-refractivity contribution in [3.63, 3.8) is 0 Å². The Morgan fingerprint density at radius 3 is 2.52 bits per heavy atom. The third-order valence-corrected chi connectivity index (χ3v) is 8.76. The molecular formula is C32H31N3O5. The molecule has 4 heterocycles. The molecule has 40 heavy (non-hydrogen) atoms. The second kappa shape index (κ2) is 9.19. The first-order valence-corrected chi connectivity index (χ1v) is 13.8. The quantitative estimate of drug-likeness (QED) is 0.337. The minimum Gasteiger partial charge on any atom is -0.494 e. The number of aromatic hydroxyl groups is 2. The van der Waals surface area contributed by atoms with Crippen LogP contribution < -0.4 is 9.64 Å². The first-order valence-electron chi connectivity index (χ1n) is 13.8. The van der Waals surface area contributed by atoms with Crippen molar-refractivity contribution in [3.8, 4) is 29.3 Å². The molecule has 0 aliphatic carbocycles. The molecule has 3 aromatic carbocycles. The number of ether oxygens (including phenoxy) is 3. The Morgan fingerprint density at radius 2 is 1.73 bits per heavy atom. The van der Waals surface area contributed by atoms with Gasteiger partial charge in [-0.05, 0) is 44.0 Å². The summed E-state index contributed by atoms with van der Waals surface area (Å²) in [5.74, 6) is 0.735. The number of anilines is 1. The van der Waals surface area contributed by atoms with Crippen LogP contribution in [0, 0.1) is 11.3 Å². The lowest BCUT2D eigenvalue weighted by molar-refractivity contribution is -0.0876. The van der Waals surface area contributed by atoms with Gasteiger partial charge in [-0.25, -0.2) is 0 Å². The van der Waals surface area contributed by atoms with Gasteiger partial charge in [-0.1, -0.05) is 30.3 Å². The van der Waals surface area contributed by atoms with Crippen molar-refractivity contribution >= 4 is 16.5 Å². The lowest BCUT2D eigenvalue weighted by Gasteiger charge is -2.29. The molecule has 4 aromatic rings. The second-order valence-corrected chi connectivity index (χ2v) is 11.0. The van der Waals surface area contributed by atoms with Crippen LogP contribution in [0.5, 0.6) is 17.5 Å². The largest absolute Gasteiger partial charge is 0.494 e. The van der Waals surface area contributed by atoms with Crippen molar-refractivity contribution in [1.82, 2.24) is 4.57 Å². The van der Waals surface area contributed by atoms with Crippen LogP contribution in [0.2, 0.25) is 0 Å². The molecule has 2 bridgehead atoms. The Balaban J connectivity index is 1.21. The molecule has 2 saturated heterocycles. The van der Waals surface area contributed by atoms with Crippen molar-refractivity contribution in [1.29, 1.82) is 5.26 Å². The van der Waals surface area contributed by atoms with Crippen LogP contribution in [0.25, 0.3) is 16.5 Å². The summed E-state index contributed by atoms with van der Waals surface area (Å²) in [6.45, 7) is 5.54. The fraction of sp³-hybridized carbons (Fsp3) is 0.344. The molecule has 2 fully saturated rings. The molecule has 0 amide bonds. The molecule has 2 atom stereocenters. The predicted molar refractivity (Wildman–Crippen MR) is 150 cm³/mol. The summed E-state index contributed by atoms with van der Waals surface area (Å²) >= 11 is 0. The van der Waals surface area contributed by atoms with Crippen LogP contribution >= 0.6 is 0 Å². The summed E-state index contributed by atoms with van der Waals surface area (Å²) in [4.78, 5) is 2.29. The first kappa shape index (κ1) is 24.8. The van der Waals surface area contributed by atoms with Gasteiger partial charge in [-0.15, -0.1) is 0 Å². The van der Waals surface area contributed by atoms with E-state index in [0.717, 1.165) is 61.4 Å². The van der Waals surface area contributed by atoms with Crippen LogP contribution in [-0.2, 0) is 20.7 Å². The highest BCUT2D eigenvalue weighted by Gasteiger charge is 2.61. The summed E-state index contributed by atoms with van der Waals surface area (Å²) in [6, 6.07) is 21.4. The topological polar surface area (TPSA) is 100 Å². The highest BCUT2D eigenvalue weighted by molar-refractivity contribution is 5.95. The number of rotatable bonds is 6. The zero-order valence-electron chi connectivity index (χ0n) is 22.4. The van der Waals surface area contributed by atoms with Gasteiger partial charge >= 0.3 is 0 Å². The maximum Gasteiger partial charge on any atom is 0.205 e. The normalized spacial score (nSPS) is 23.4. The zero-order chi connectivity index (χ0) is 27.5. The van der Waals surface area contributed by atoms with E-state index in [-0.39, 0.29) is 11.8 Å². The van der Waals surface area contributed by atoms with Crippen LogP contribution in [0.15, 0.2) is 60.7 Å². The molecule has 0 saturated carbocycles. The molecule has 0 radical (unpaired) electrons. The van der Waals surface area contributed by atoms with E-state index in [2.05, 4.69) is 23.1 Å². The van der Waals surface area contributed by atoms with Crippen LogP contribution in [0.1, 0.15) is 42.9 Å². The van der Waals surface area contributed by atoms with Crippen LogP contribution in [-0.4, -0.2) is 47.7 Å². The number of hydrogen-bond donors (Lipinski definition) is 2. The molecule has 3 aliphatic heterocycles. The van der Waals surface area contributed by atoms with Crippen LogP contribution in [0.3, 0.4) is 0 Å². The molecule has 1 aromatic heterocycles. The molecule has 2 N–H and O–H groups in total. The molecule has 7 rings (SSSR count). The van der Waals surface area contributed by atoms with E-state index >= 15 is 0 Å². The number of benzene rings is 3. The number of nitrogens with zero attached hydrogens (tertiary/aromatic N) is 3. The van der Waals surface area contributed by atoms with Gasteiger partial charge in [0.25, 0.3) is 0 Å². The maximum atomic E-state index is 11.7. The second-order valence-electron chi connectivity index (χ2n) is 11.0. The van der Waals surface area contributed by atoms with Gasteiger partial charge in [0.05, 0.1) is 53.9 Å². The summed E-state index contributed by atoms with van der Waals surface area (Å²) in [5.41, 5.74) is 2.08. The standard InChI is InChI=1S/C32H31N3O5/c1-31-11-12-32(40-31,13-16-39-23-6-4-5-22(19-23)34-14-17-38-18-15-34)28-27(31)29(36)35(30(28)37)26-10-9-21(20-33)24-7-2-3-8-25(24)26/h2-10,19,36-37H,11-18H2,1H3/t31-,32-/m1/s1. The summed E-state index contributed by atoms with van der Waals surface area (Å²) in [7, 11) is 0. The van der Waals surface area contributed by atoms with Gasteiger partial charge in [0.15, 0.2) is 0 Å².